The minimum atomic E-state index is -0.369. The van der Waals surface area contributed by atoms with E-state index in [0.717, 1.165) is 0 Å². The van der Waals surface area contributed by atoms with Crippen LogP contribution in [0, 0.1) is 5.92 Å². The zero-order valence-corrected chi connectivity index (χ0v) is 10.2. The normalized spacial score (nSPS) is 27.2. The molecule has 8 heteroatoms. The number of aromatic nitrogens is 4. The first-order valence-electron chi connectivity index (χ1n) is 6.02. The van der Waals surface area contributed by atoms with Crippen molar-refractivity contribution in [2.24, 2.45) is 5.92 Å². The van der Waals surface area contributed by atoms with E-state index in [1.165, 1.54) is 6.33 Å². The molecule has 4 N–H and O–H groups in total. The summed E-state index contributed by atoms with van der Waals surface area (Å²) in [5.74, 6) is 0.125. The van der Waals surface area contributed by atoms with E-state index in [1.807, 2.05) is 4.57 Å². The fourth-order valence-electron chi connectivity index (χ4n) is 2.54. The quantitative estimate of drug-likeness (QED) is 0.647. The number of hydrogen-bond donors (Lipinski definition) is 3. The largest absolute Gasteiger partial charge is 0.396 e. The summed E-state index contributed by atoms with van der Waals surface area (Å²) in [6, 6.07) is -0.124. The lowest BCUT2D eigenvalue weighted by Crippen LogP contribution is -2.28. The Hall–Kier alpha value is -1.77. The molecular formula is C11H15N5O3. The van der Waals surface area contributed by atoms with E-state index in [-0.39, 0.29) is 31.3 Å². The van der Waals surface area contributed by atoms with Gasteiger partial charge in [-0.3, -0.25) is 0 Å². The van der Waals surface area contributed by atoms with Crippen molar-refractivity contribution < 1.29 is 14.9 Å². The van der Waals surface area contributed by atoms with E-state index >= 15 is 0 Å². The van der Waals surface area contributed by atoms with Crippen LogP contribution in [-0.2, 0) is 4.74 Å². The molecule has 2 aromatic rings. The molecule has 1 saturated heterocycles. The maximum atomic E-state index is 9.48. The molecular weight excluding hydrogens is 250 g/mol. The molecule has 0 spiro atoms. The monoisotopic (exact) mass is 265 g/mol. The lowest BCUT2D eigenvalue weighted by molar-refractivity contribution is 0.0268. The summed E-state index contributed by atoms with van der Waals surface area (Å²) in [7, 11) is 0. The van der Waals surface area contributed by atoms with E-state index < -0.39 is 0 Å². The zero-order valence-electron chi connectivity index (χ0n) is 10.2. The topological polar surface area (TPSA) is 119 Å². The van der Waals surface area contributed by atoms with Crippen molar-refractivity contribution in [2.45, 2.75) is 12.1 Å². The minimum Gasteiger partial charge on any atom is -0.396 e. The molecule has 0 radical (unpaired) electrons. The predicted molar refractivity (Wildman–Crippen MR) is 66.2 cm³/mol. The highest BCUT2D eigenvalue weighted by Crippen LogP contribution is 2.33. The van der Waals surface area contributed by atoms with E-state index in [1.54, 1.807) is 6.33 Å². The van der Waals surface area contributed by atoms with Crippen molar-refractivity contribution in [1.82, 2.24) is 19.5 Å². The highest BCUT2D eigenvalue weighted by atomic mass is 16.5. The number of anilines is 1. The van der Waals surface area contributed by atoms with Crippen LogP contribution in [0.2, 0.25) is 0 Å². The number of nitrogen functional groups attached to an aromatic ring is 1. The van der Waals surface area contributed by atoms with Crippen LogP contribution in [0.4, 0.5) is 5.82 Å². The molecule has 3 heterocycles. The van der Waals surface area contributed by atoms with Gasteiger partial charge in [0, 0.05) is 5.92 Å². The Morgan fingerprint density at radius 1 is 1.32 bits per heavy atom. The van der Waals surface area contributed by atoms with Gasteiger partial charge in [0.05, 0.1) is 38.3 Å². The average Bonchev–Trinajstić information content (AvgIpc) is 3.01. The summed E-state index contributed by atoms with van der Waals surface area (Å²) in [6.07, 6.45) is 2.63. The summed E-state index contributed by atoms with van der Waals surface area (Å²) in [4.78, 5) is 12.3. The van der Waals surface area contributed by atoms with Crippen LogP contribution in [0.5, 0.6) is 0 Å². The molecule has 102 valence electrons. The molecule has 3 rings (SSSR count). The Bertz CT molecular complexity index is 587. The number of nitrogens with two attached hydrogens (primary N) is 1. The zero-order chi connectivity index (χ0) is 13.4. The lowest BCUT2D eigenvalue weighted by Gasteiger charge is -2.20. The number of ether oxygens (including phenoxy) is 1. The SMILES string of the molecule is Nc1ncnc2c1ncn2[C@H]1CO[C@@H](CO)[C@@H]1CO. The van der Waals surface area contributed by atoms with Gasteiger partial charge in [0.25, 0.3) is 0 Å². The highest BCUT2D eigenvalue weighted by Gasteiger charge is 2.38. The number of imidazole rings is 1. The lowest BCUT2D eigenvalue weighted by atomic mass is 9.98. The van der Waals surface area contributed by atoms with E-state index in [9.17, 15) is 10.2 Å². The Labute approximate surface area is 108 Å². The van der Waals surface area contributed by atoms with Gasteiger partial charge in [0.1, 0.15) is 11.8 Å². The number of hydrogen-bond acceptors (Lipinski definition) is 7. The van der Waals surface area contributed by atoms with Gasteiger partial charge in [-0.15, -0.1) is 0 Å². The first-order valence-corrected chi connectivity index (χ1v) is 6.02. The van der Waals surface area contributed by atoms with E-state index in [0.29, 0.717) is 23.6 Å². The second-order valence-corrected chi connectivity index (χ2v) is 4.55. The van der Waals surface area contributed by atoms with Crippen molar-refractivity contribution >= 4 is 17.0 Å². The van der Waals surface area contributed by atoms with Gasteiger partial charge in [0.15, 0.2) is 11.5 Å². The number of aliphatic hydroxyl groups is 2. The number of nitrogens with zero attached hydrogens (tertiary/aromatic N) is 4. The molecule has 3 atom stereocenters. The Morgan fingerprint density at radius 2 is 2.16 bits per heavy atom. The summed E-state index contributed by atoms with van der Waals surface area (Å²) >= 11 is 0. The standard InChI is InChI=1S/C11H15N5O3/c12-10-9-11(14-4-13-10)16(5-15-9)7-3-19-8(2-18)6(7)1-17/h4-8,17-18H,1-3H2,(H2,12,13,14)/t6-,7+,8+/m1/s1. The summed E-state index contributed by atoms with van der Waals surface area (Å²) in [6.45, 7) is 0.202. The van der Waals surface area contributed by atoms with Crippen LogP contribution >= 0.6 is 0 Å². The van der Waals surface area contributed by atoms with Crippen LogP contribution in [0.25, 0.3) is 11.2 Å². The molecule has 0 saturated carbocycles. The third-order valence-corrected chi connectivity index (χ3v) is 3.59. The second-order valence-electron chi connectivity index (χ2n) is 4.55. The van der Waals surface area contributed by atoms with Crippen LogP contribution in [0.15, 0.2) is 12.7 Å². The van der Waals surface area contributed by atoms with Gasteiger partial charge in [0.2, 0.25) is 0 Å². The van der Waals surface area contributed by atoms with Gasteiger partial charge >= 0.3 is 0 Å². The van der Waals surface area contributed by atoms with Gasteiger partial charge in [-0.25, -0.2) is 15.0 Å². The average molecular weight is 265 g/mol. The molecule has 0 aliphatic carbocycles. The van der Waals surface area contributed by atoms with Crippen LogP contribution in [-0.4, -0.2) is 55.7 Å². The summed E-state index contributed by atoms with van der Waals surface area (Å²) in [5, 5.41) is 18.7. The molecule has 8 nitrogen and oxygen atoms in total. The molecule has 0 unspecified atom stereocenters. The fourth-order valence-corrected chi connectivity index (χ4v) is 2.54. The van der Waals surface area contributed by atoms with Crippen molar-refractivity contribution in [3.63, 3.8) is 0 Å². The van der Waals surface area contributed by atoms with E-state index in [2.05, 4.69) is 15.0 Å². The fraction of sp³-hybridized carbons (Fsp3) is 0.545. The molecule has 0 amide bonds. The van der Waals surface area contributed by atoms with Gasteiger partial charge < -0.3 is 25.3 Å². The molecule has 0 bridgehead atoms. The molecule has 19 heavy (non-hydrogen) atoms. The molecule has 1 aliphatic heterocycles. The predicted octanol–water partition coefficient (Wildman–Crippen LogP) is -1.05. The Kier molecular flexibility index (Phi) is 3.05. The van der Waals surface area contributed by atoms with Crippen molar-refractivity contribution in [3.8, 4) is 0 Å². The van der Waals surface area contributed by atoms with Crippen LogP contribution in [0.1, 0.15) is 6.04 Å². The van der Waals surface area contributed by atoms with Crippen LogP contribution in [0.3, 0.4) is 0 Å². The highest BCUT2D eigenvalue weighted by molar-refractivity contribution is 5.81. The first-order chi connectivity index (χ1) is 9.26. The maximum Gasteiger partial charge on any atom is 0.165 e. The van der Waals surface area contributed by atoms with E-state index in [4.69, 9.17) is 10.5 Å². The Morgan fingerprint density at radius 3 is 2.89 bits per heavy atom. The number of rotatable bonds is 3. The van der Waals surface area contributed by atoms with Crippen LogP contribution < -0.4 is 5.73 Å². The van der Waals surface area contributed by atoms with Crippen molar-refractivity contribution in [2.75, 3.05) is 25.6 Å². The molecule has 1 aliphatic rings. The maximum absolute atomic E-state index is 9.48. The summed E-state index contributed by atoms with van der Waals surface area (Å²) < 4.78 is 7.31. The van der Waals surface area contributed by atoms with Crippen molar-refractivity contribution in [1.29, 1.82) is 0 Å². The Balaban J connectivity index is 2.03. The number of aliphatic hydroxyl groups excluding tert-OH is 2. The first kappa shape index (κ1) is 12.3. The third kappa shape index (κ3) is 1.84. The minimum absolute atomic E-state index is 0.0733. The molecule has 0 aromatic carbocycles. The van der Waals surface area contributed by atoms with Crippen molar-refractivity contribution in [3.05, 3.63) is 12.7 Å². The van der Waals surface area contributed by atoms with Gasteiger partial charge in [-0.2, -0.15) is 0 Å². The molecule has 2 aromatic heterocycles. The smallest absolute Gasteiger partial charge is 0.165 e. The number of fused-ring (bicyclic) bond motifs is 1. The summed E-state index contributed by atoms with van der Waals surface area (Å²) in [5.41, 5.74) is 6.88. The van der Waals surface area contributed by atoms with Gasteiger partial charge in [-0.05, 0) is 0 Å². The second kappa shape index (κ2) is 4.72. The third-order valence-electron chi connectivity index (χ3n) is 3.59. The molecule has 1 fully saturated rings. The van der Waals surface area contributed by atoms with Gasteiger partial charge in [-0.1, -0.05) is 0 Å².